The Bertz CT molecular complexity index is 1060. The number of allylic oxidation sites excluding steroid dienone is 1. The number of methoxy groups -OCH3 is 1. The summed E-state index contributed by atoms with van der Waals surface area (Å²) < 4.78 is 16.7. The number of anilines is 1. The Kier molecular flexibility index (Phi) is 6.75. The average Bonchev–Trinajstić information content (AvgIpc) is 3.17. The Morgan fingerprint density at radius 1 is 1.17 bits per heavy atom. The molecule has 0 radical (unpaired) electrons. The Morgan fingerprint density at radius 2 is 1.93 bits per heavy atom. The van der Waals surface area contributed by atoms with Crippen molar-refractivity contribution < 1.29 is 28.6 Å². The minimum absolute atomic E-state index is 0.0462. The Morgan fingerprint density at radius 3 is 2.63 bits per heavy atom. The van der Waals surface area contributed by atoms with Gasteiger partial charge in [0.2, 0.25) is 5.91 Å². The summed E-state index contributed by atoms with van der Waals surface area (Å²) in [6, 6.07) is 14.4. The van der Waals surface area contributed by atoms with Crippen LogP contribution < -0.4 is 14.8 Å². The van der Waals surface area contributed by atoms with Crippen molar-refractivity contribution in [2.45, 2.75) is 19.8 Å². The second-order valence-corrected chi connectivity index (χ2v) is 6.68. The highest BCUT2D eigenvalue weighted by Crippen LogP contribution is 2.31. The number of aliphatic carboxylic acids is 1. The van der Waals surface area contributed by atoms with Gasteiger partial charge < -0.3 is 24.3 Å². The van der Waals surface area contributed by atoms with Gasteiger partial charge >= 0.3 is 5.97 Å². The van der Waals surface area contributed by atoms with Crippen molar-refractivity contribution in [3.8, 4) is 11.5 Å². The van der Waals surface area contributed by atoms with E-state index in [1.54, 1.807) is 44.4 Å². The molecule has 3 rings (SSSR count). The van der Waals surface area contributed by atoms with Crippen molar-refractivity contribution in [3.05, 3.63) is 60.4 Å². The number of nitrogens with one attached hydrogen (secondary N) is 1. The summed E-state index contributed by atoms with van der Waals surface area (Å²) in [5.41, 5.74) is 1.88. The molecule has 0 atom stereocenters. The zero-order valence-corrected chi connectivity index (χ0v) is 16.8. The van der Waals surface area contributed by atoms with Crippen LogP contribution in [-0.4, -0.2) is 30.7 Å². The lowest BCUT2D eigenvalue weighted by Crippen LogP contribution is -2.08. The van der Waals surface area contributed by atoms with E-state index in [1.165, 1.54) is 6.08 Å². The maximum atomic E-state index is 12.3. The number of rotatable bonds is 9. The number of carbonyl (C=O) groups excluding carboxylic acids is 1. The van der Waals surface area contributed by atoms with Crippen LogP contribution in [0.15, 0.2) is 59.0 Å². The van der Waals surface area contributed by atoms with Crippen LogP contribution in [0.3, 0.4) is 0 Å². The number of carboxylic acids is 1. The molecule has 0 saturated heterocycles. The largest absolute Gasteiger partial charge is 0.497 e. The fraction of sp³-hybridized carbons (Fsp3) is 0.217. The van der Waals surface area contributed by atoms with Crippen molar-refractivity contribution >= 4 is 34.1 Å². The third-order valence-electron chi connectivity index (χ3n) is 4.39. The van der Waals surface area contributed by atoms with Gasteiger partial charge in [0.25, 0.3) is 0 Å². The minimum atomic E-state index is -0.856. The van der Waals surface area contributed by atoms with Crippen molar-refractivity contribution in [1.82, 2.24) is 0 Å². The van der Waals surface area contributed by atoms with Gasteiger partial charge in [0, 0.05) is 23.6 Å². The van der Waals surface area contributed by atoms with Gasteiger partial charge in [0.05, 0.1) is 13.7 Å². The summed E-state index contributed by atoms with van der Waals surface area (Å²) in [7, 11) is 1.58. The van der Waals surface area contributed by atoms with Gasteiger partial charge in [-0.25, -0.2) is 0 Å². The van der Waals surface area contributed by atoms with E-state index in [4.69, 9.17) is 19.0 Å². The van der Waals surface area contributed by atoms with Crippen molar-refractivity contribution in [2.24, 2.45) is 0 Å². The molecule has 0 aliphatic rings. The van der Waals surface area contributed by atoms with E-state index in [-0.39, 0.29) is 18.9 Å². The van der Waals surface area contributed by atoms with E-state index in [9.17, 15) is 9.59 Å². The van der Waals surface area contributed by atoms with E-state index in [0.717, 1.165) is 5.39 Å². The van der Waals surface area contributed by atoms with Crippen molar-refractivity contribution in [1.29, 1.82) is 0 Å². The predicted molar refractivity (Wildman–Crippen MR) is 114 cm³/mol. The molecule has 7 heteroatoms. The Labute approximate surface area is 173 Å². The van der Waals surface area contributed by atoms with Crippen LogP contribution in [-0.2, 0) is 9.59 Å². The number of benzene rings is 2. The molecule has 7 nitrogen and oxygen atoms in total. The summed E-state index contributed by atoms with van der Waals surface area (Å²) in [4.78, 5) is 22.9. The number of carbonyl (C=O) groups is 2. The smallest absolute Gasteiger partial charge is 0.303 e. The number of amides is 1. The number of furan rings is 1. The summed E-state index contributed by atoms with van der Waals surface area (Å²) in [6.07, 6.45) is 1.92. The zero-order chi connectivity index (χ0) is 21.5. The van der Waals surface area contributed by atoms with Crippen LogP contribution in [0.25, 0.3) is 16.5 Å². The van der Waals surface area contributed by atoms with Gasteiger partial charge in [-0.1, -0.05) is 12.1 Å². The number of ether oxygens (including phenoxy) is 2. The molecule has 0 aliphatic carbocycles. The third kappa shape index (κ3) is 5.41. The fourth-order valence-corrected chi connectivity index (χ4v) is 2.87. The van der Waals surface area contributed by atoms with Crippen LogP contribution in [0.4, 0.5) is 5.69 Å². The molecular formula is C23H23NO6. The first kappa shape index (κ1) is 21.0. The molecule has 0 fully saturated rings. The van der Waals surface area contributed by atoms with Crippen molar-refractivity contribution in [3.63, 3.8) is 0 Å². The first-order valence-corrected chi connectivity index (χ1v) is 9.47. The summed E-state index contributed by atoms with van der Waals surface area (Å²) in [5, 5.41) is 12.4. The number of para-hydroxylation sites is 1. The van der Waals surface area contributed by atoms with E-state index in [1.807, 2.05) is 18.2 Å². The molecule has 30 heavy (non-hydrogen) atoms. The summed E-state index contributed by atoms with van der Waals surface area (Å²) in [6.45, 7) is 2.07. The summed E-state index contributed by atoms with van der Waals surface area (Å²) >= 11 is 0. The molecule has 0 bridgehead atoms. The molecule has 2 N–H and O–H groups in total. The lowest BCUT2D eigenvalue weighted by molar-refractivity contribution is -0.137. The van der Waals surface area contributed by atoms with Gasteiger partial charge in [0.15, 0.2) is 11.3 Å². The van der Waals surface area contributed by atoms with Gasteiger partial charge in [-0.2, -0.15) is 0 Å². The van der Waals surface area contributed by atoms with Gasteiger partial charge in [-0.3, -0.25) is 9.59 Å². The maximum Gasteiger partial charge on any atom is 0.303 e. The standard InChI is InChI=1S/C23H23NO6/c1-15(13-21(25)24-17-8-10-18(28-2)11-9-17)20-14-16-5-3-6-19(23(16)30-20)29-12-4-7-22(26)27/h3,5-6,8-11,13-14H,4,7,12H2,1-2H3,(H,24,25)(H,26,27)/b15-13+. The highest BCUT2D eigenvalue weighted by Gasteiger charge is 2.12. The predicted octanol–water partition coefficient (Wildman–Crippen LogP) is 4.73. The minimum Gasteiger partial charge on any atom is -0.497 e. The topological polar surface area (TPSA) is 98.0 Å². The molecule has 0 unspecified atom stereocenters. The van der Waals surface area contributed by atoms with E-state index >= 15 is 0 Å². The van der Waals surface area contributed by atoms with E-state index in [0.29, 0.717) is 40.5 Å². The second kappa shape index (κ2) is 9.65. The molecular weight excluding hydrogens is 386 g/mol. The highest BCUT2D eigenvalue weighted by atomic mass is 16.5. The average molecular weight is 409 g/mol. The molecule has 156 valence electrons. The molecule has 3 aromatic rings. The quantitative estimate of drug-likeness (QED) is 0.392. The molecule has 1 heterocycles. The normalized spacial score (nSPS) is 11.3. The number of hydrogen-bond donors (Lipinski definition) is 2. The van der Waals surface area contributed by atoms with Crippen LogP contribution in [0.1, 0.15) is 25.5 Å². The van der Waals surface area contributed by atoms with Crippen LogP contribution in [0.5, 0.6) is 11.5 Å². The van der Waals surface area contributed by atoms with Gasteiger partial charge in [-0.05, 0) is 55.3 Å². The first-order valence-electron chi connectivity index (χ1n) is 9.47. The molecule has 0 aliphatic heterocycles. The van der Waals surface area contributed by atoms with Gasteiger partial charge in [-0.15, -0.1) is 0 Å². The van der Waals surface area contributed by atoms with Crippen molar-refractivity contribution in [2.75, 3.05) is 19.0 Å². The zero-order valence-electron chi connectivity index (χ0n) is 16.8. The lowest BCUT2D eigenvalue weighted by Gasteiger charge is -2.05. The highest BCUT2D eigenvalue weighted by molar-refractivity contribution is 6.04. The van der Waals surface area contributed by atoms with Crippen LogP contribution >= 0.6 is 0 Å². The van der Waals surface area contributed by atoms with Gasteiger partial charge in [0.1, 0.15) is 11.5 Å². The second-order valence-electron chi connectivity index (χ2n) is 6.68. The molecule has 1 amide bonds. The molecule has 0 saturated carbocycles. The van der Waals surface area contributed by atoms with Crippen LogP contribution in [0.2, 0.25) is 0 Å². The number of fused-ring (bicyclic) bond motifs is 1. The Hall–Kier alpha value is -3.74. The molecule has 1 aromatic heterocycles. The third-order valence-corrected chi connectivity index (χ3v) is 4.39. The fourth-order valence-electron chi connectivity index (χ4n) is 2.87. The summed E-state index contributed by atoms with van der Waals surface area (Å²) in [5.74, 6) is 0.674. The SMILES string of the molecule is COc1ccc(NC(=O)/C=C(\C)c2cc3cccc(OCCCC(=O)O)c3o2)cc1. The van der Waals surface area contributed by atoms with Crippen LogP contribution in [0, 0.1) is 0 Å². The number of carboxylic acid groups (broad SMARTS) is 1. The maximum absolute atomic E-state index is 12.3. The lowest BCUT2D eigenvalue weighted by atomic mass is 10.2. The first-order chi connectivity index (χ1) is 14.5. The molecule has 2 aromatic carbocycles. The van der Waals surface area contributed by atoms with E-state index in [2.05, 4.69) is 5.32 Å². The number of hydrogen-bond acceptors (Lipinski definition) is 5. The molecule has 0 spiro atoms. The Balaban J connectivity index is 1.70. The monoisotopic (exact) mass is 409 g/mol. The van der Waals surface area contributed by atoms with E-state index < -0.39 is 5.97 Å².